The van der Waals surface area contributed by atoms with Gasteiger partial charge in [-0.2, -0.15) is 0 Å². The van der Waals surface area contributed by atoms with Crippen molar-refractivity contribution in [2.75, 3.05) is 0 Å². The first kappa shape index (κ1) is 27.7. The van der Waals surface area contributed by atoms with Crippen LogP contribution in [-0.2, 0) is 0 Å². The van der Waals surface area contributed by atoms with Crippen LogP contribution in [0.4, 0.5) is 0 Å². The zero-order valence-electron chi connectivity index (χ0n) is 27.1. The van der Waals surface area contributed by atoms with Gasteiger partial charge in [0.1, 0.15) is 0 Å². The Kier molecular flexibility index (Phi) is 5.89. The maximum Gasteiger partial charge on any atom is 0.0553 e. The first-order valence-corrected chi connectivity index (χ1v) is 18.0. The minimum absolute atomic E-state index is 1.19. The third kappa shape index (κ3) is 3.88. The Bertz CT molecular complexity index is 2940. The molecule has 2 heteroatoms. The van der Waals surface area contributed by atoms with Gasteiger partial charge in [-0.3, -0.25) is 0 Å². The lowest BCUT2D eigenvalue weighted by Gasteiger charge is -2.26. The van der Waals surface area contributed by atoms with Crippen LogP contribution in [0.25, 0.3) is 103 Å². The van der Waals surface area contributed by atoms with E-state index in [-0.39, 0.29) is 0 Å². The maximum absolute atomic E-state index is 2.52. The standard InChI is InChI=1S/C48H29NS/c1-2-15-33-32(14-1)34-16-3-4-18-36(34)42-28-30(31-23-13-24-41-39-21-9-12-27-46(39)50-48(31)41)29-45(47(42)40-22-6-5-17-35(33)40)49-43-25-10-7-19-37(43)38-20-8-11-26-44(38)49/h1-29H. The molecule has 1 aliphatic carbocycles. The summed E-state index contributed by atoms with van der Waals surface area (Å²) in [6.45, 7) is 0. The topological polar surface area (TPSA) is 4.93 Å². The normalized spacial score (nSPS) is 12.0. The van der Waals surface area contributed by atoms with Gasteiger partial charge in [-0.25, -0.2) is 0 Å². The summed E-state index contributed by atoms with van der Waals surface area (Å²) in [6.07, 6.45) is 0. The maximum atomic E-state index is 2.52. The molecule has 232 valence electrons. The van der Waals surface area contributed by atoms with Crippen LogP contribution in [0.1, 0.15) is 0 Å². The minimum atomic E-state index is 1.19. The Hall–Kier alpha value is -6.22. The average molecular weight is 652 g/mol. The lowest BCUT2D eigenvalue weighted by molar-refractivity contribution is 1.18. The molecular weight excluding hydrogens is 623 g/mol. The molecule has 0 N–H and O–H groups in total. The van der Waals surface area contributed by atoms with E-state index in [0.717, 1.165) is 0 Å². The Morgan fingerprint density at radius 2 is 0.800 bits per heavy atom. The summed E-state index contributed by atoms with van der Waals surface area (Å²) in [4.78, 5) is 0. The smallest absolute Gasteiger partial charge is 0.0553 e. The van der Waals surface area contributed by atoms with Crippen LogP contribution in [0, 0.1) is 0 Å². The molecule has 0 atom stereocenters. The molecule has 50 heavy (non-hydrogen) atoms. The summed E-state index contributed by atoms with van der Waals surface area (Å²) in [6, 6.07) is 65.2. The Morgan fingerprint density at radius 1 is 0.340 bits per heavy atom. The third-order valence-corrected chi connectivity index (χ3v) is 11.8. The second kappa shape index (κ2) is 10.6. The molecule has 0 amide bonds. The second-order valence-electron chi connectivity index (χ2n) is 13.2. The van der Waals surface area contributed by atoms with E-state index in [0.29, 0.717) is 0 Å². The number of nitrogens with zero attached hydrogens (tertiary/aromatic N) is 1. The predicted molar refractivity (Wildman–Crippen MR) is 214 cm³/mol. The van der Waals surface area contributed by atoms with Crippen LogP contribution >= 0.6 is 11.3 Å². The van der Waals surface area contributed by atoms with Gasteiger partial charge in [-0.1, -0.05) is 146 Å². The van der Waals surface area contributed by atoms with Gasteiger partial charge in [-0.05, 0) is 80.4 Å². The van der Waals surface area contributed by atoms with Gasteiger partial charge in [0.25, 0.3) is 0 Å². The molecule has 0 radical (unpaired) electrons. The number of para-hydroxylation sites is 2. The van der Waals surface area contributed by atoms with Crippen molar-refractivity contribution in [3.63, 3.8) is 0 Å². The molecule has 1 nitrogen and oxygen atoms in total. The fourth-order valence-corrected chi connectivity index (χ4v) is 9.69. The summed E-state index contributed by atoms with van der Waals surface area (Å²) in [5.74, 6) is 0. The van der Waals surface area contributed by atoms with Gasteiger partial charge in [0.05, 0.1) is 16.7 Å². The van der Waals surface area contributed by atoms with E-state index in [2.05, 4.69) is 180 Å². The van der Waals surface area contributed by atoms with Crippen molar-refractivity contribution in [3.05, 3.63) is 176 Å². The highest BCUT2D eigenvalue weighted by atomic mass is 32.1. The van der Waals surface area contributed by atoms with E-state index in [4.69, 9.17) is 0 Å². The monoisotopic (exact) mass is 651 g/mol. The van der Waals surface area contributed by atoms with E-state index >= 15 is 0 Å². The van der Waals surface area contributed by atoms with Gasteiger partial charge < -0.3 is 4.57 Å². The Balaban J connectivity index is 1.36. The second-order valence-corrected chi connectivity index (χ2v) is 14.3. The van der Waals surface area contributed by atoms with Gasteiger partial charge in [0.15, 0.2) is 0 Å². The van der Waals surface area contributed by atoms with Crippen molar-refractivity contribution < 1.29 is 0 Å². The molecule has 0 saturated carbocycles. The van der Waals surface area contributed by atoms with Crippen LogP contribution < -0.4 is 0 Å². The molecule has 0 bridgehead atoms. The molecular formula is C48H29NS. The molecule has 2 aromatic heterocycles. The van der Waals surface area contributed by atoms with Crippen LogP contribution in [0.3, 0.4) is 0 Å². The Morgan fingerprint density at radius 3 is 1.44 bits per heavy atom. The highest BCUT2D eigenvalue weighted by molar-refractivity contribution is 7.26. The van der Waals surface area contributed by atoms with Crippen molar-refractivity contribution >= 4 is 53.3 Å². The van der Waals surface area contributed by atoms with Crippen molar-refractivity contribution in [2.24, 2.45) is 0 Å². The molecule has 10 aromatic rings. The largest absolute Gasteiger partial charge is 0.309 e. The predicted octanol–water partition coefficient (Wildman–Crippen LogP) is 13.8. The number of rotatable bonds is 2. The number of hydrogen-bond acceptors (Lipinski definition) is 1. The fourth-order valence-electron chi connectivity index (χ4n) is 8.45. The van der Waals surface area contributed by atoms with Crippen molar-refractivity contribution in [3.8, 4) is 61.3 Å². The number of thiophene rings is 1. The molecule has 0 aliphatic heterocycles. The Labute approximate surface area is 293 Å². The van der Waals surface area contributed by atoms with E-state index in [1.807, 2.05) is 11.3 Å². The molecule has 0 spiro atoms. The number of benzene rings is 8. The van der Waals surface area contributed by atoms with Crippen molar-refractivity contribution in [1.82, 2.24) is 4.57 Å². The molecule has 8 aromatic carbocycles. The van der Waals surface area contributed by atoms with Gasteiger partial charge in [0.2, 0.25) is 0 Å². The molecule has 0 fully saturated rings. The van der Waals surface area contributed by atoms with Gasteiger partial charge in [-0.15, -0.1) is 11.3 Å². The summed E-state index contributed by atoms with van der Waals surface area (Å²) in [5.41, 5.74) is 16.1. The van der Waals surface area contributed by atoms with Gasteiger partial charge in [0, 0.05) is 36.5 Å². The van der Waals surface area contributed by atoms with Crippen molar-refractivity contribution in [1.29, 1.82) is 0 Å². The minimum Gasteiger partial charge on any atom is -0.309 e. The summed E-state index contributed by atoms with van der Waals surface area (Å²) in [7, 11) is 0. The summed E-state index contributed by atoms with van der Waals surface area (Å²) < 4.78 is 5.16. The number of fused-ring (bicyclic) bond motifs is 14. The van der Waals surface area contributed by atoms with Crippen LogP contribution in [-0.4, -0.2) is 4.57 Å². The van der Waals surface area contributed by atoms with E-state index < -0.39 is 0 Å². The third-order valence-electron chi connectivity index (χ3n) is 10.6. The lowest BCUT2D eigenvalue weighted by atomic mass is 9.79. The molecule has 1 aliphatic rings. The molecule has 11 rings (SSSR count). The zero-order chi connectivity index (χ0) is 32.8. The summed E-state index contributed by atoms with van der Waals surface area (Å²) in [5, 5.41) is 5.16. The quantitative estimate of drug-likeness (QED) is 0.175. The first-order valence-electron chi connectivity index (χ1n) is 17.2. The van der Waals surface area contributed by atoms with Crippen LogP contribution in [0.15, 0.2) is 176 Å². The lowest BCUT2D eigenvalue weighted by Crippen LogP contribution is -2.04. The average Bonchev–Trinajstić information content (AvgIpc) is 3.73. The number of hydrogen-bond donors (Lipinski definition) is 0. The molecule has 0 unspecified atom stereocenters. The van der Waals surface area contributed by atoms with Gasteiger partial charge >= 0.3 is 0 Å². The van der Waals surface area contributed by atoms with E-state index in [1.165, 1.54) is 103 Å². The van der Waals surface area contributed by atoms with Crippen molar-refractivity contribution in [2.45, 2.75) is 0 Å². The fraction of sp³-hybridized carbons (Fsp3) is 0. The highest BCUT2D eigenvalue weighted by Crippen LogP contribution is 2.52. The summed E-state index contributed by atoms with van der Waals surface area (Å²) >= 11 is 1.89. The molecule has 0 saturated heterocycles. The first-order chi connectivity index (χ1) is 24.8. The SMILES string of the molecule is c1ccc2c(c1)-c1ccccc1-c1cc(-c3cccc4c3sc3ccccc34)cc(-n3c4ccccc4c4ccccc43)c1-c1ccccc1-2. The highest BCUT2D eigenvalue weighted by Gasteiger charge is 2.27. The number of aromatic nitrogens is 1. The molecule has 2 heterocycles. The van der Waals surface area contributed by atoms with Crippen LogP contribution in [0.2, 0.25) is 0 Å². The van der Waals surface area contributed by atoms with E-state index in [1.54, 1.807) is 0 Å². The van der Waals surface area contributed by atoms with Crippen LogP contribution in [0.5, 0.6) is 0 Å². The van der Waals surface area contributed by atoms with E-state index in [9.17, 15) is 0 Å². The zero-order valence-corrected chi connectivity index (χ0v) is 27.9.